The topological polar surface area (TPSA) is 26.3 Å². The van der Waals surface area contributed by atoms with Crippen LogP contribution in [-0.4, -0.2) is 12.9 Å². The van der Waals surface area contributed by atoms with Crippen LogP contribution in [-0.2, 0) is 6.42 Å². The third-order valence-corrected chi connectivity index (χ3v) is 3.54. The highest BCUT2D eigenvalue weighted by Crippen LogP contribution is 2.21. The maximum Gasteiger partial charge on any atom is 0.169 e. The largest absolute Gasteiger partial charge is 0.497 e. The molecule has 0 saturated heterocycles. The molecule has 2 nitrogen and oxygen atoms in total. The Hall–Kier alpha value is -1.75. The number of methoxy groups -OCH3 is 1. The summed E-state index contributed by atoms with van der Waals surface area (Å²) in [6.07, 6.45) is 0.458. The molecular formula is C16H13BrF2O2. The Morgan fingerprint density at radius 3 is 2.24 bits per heavy atom. The summed E-state index contributed by atoms with van der Waals surface area (Å²) in [5.74, 6) is -1.52. The number of halogens is 3. The third kappa shape index (κ3) is 3.88. The Morgan fingerprint density at radius 2 is 1.71 bits per heavy atom. The number of ether oxygens (including phenoxy) is 1. The van der Waals surface area contributed by atoms with Crippen LogP contribution in [0.5, 0.6) is 5.75 Å². The van der Waals surface area contributed by atoms with Crippen molar-refractivity contribution in [2.24, 2.45) is 0 Å². The second kappa shape index (κ2) is 6.80. The zero-order chi connectivity index (χ0) is 15.4. The van der Waals surface area contributed by atoms with Crippen LogP contribution in [0.15, 0.2) is 40.9 Å². The van der Waals surface area contributed by atoms with Crippen molar-refractivity contribution in [3.8, 4) is 5.75 Å². The van der Waals surface area contributed by atoms with E-state index in [2.05, 4.69) is 15.9 Å². The maximum atomic E-state index is 13.7. The number of aryl methyl sites for hydroxylation is 1. The SMILES string of the molecule is COc1ccc(CCC(=O)c2c(F)cc(Br)cc2F)cc1. The Balaban J connectivity index is 2.08. The van der Waals surface area contributed by atoms with Crippen molar-refractivity contribution >= 4 is 21.7 Å². The molecule has 0 aromatic heterocycles. The zero-order valence-electron chi connectivity index (χ0n) is 11.3. The van der Waals surface area contributed by atoms with Gasteiger partial charge >= 0.3 is 0 Å². The smallest absolute Gasteiger partial charge is 0.169 e. The van der Waals surface area contributed by atoms with E-state index in [1.165, 1.54) is 0 Å². The molecule has 0 fully saturated rings. The first-order valence-corrected chi connectivity index (χ1v) is 7.11. The minimum absolute atomic E-state index is 0.0435. The molecule has 0 bridgehead atoms. The highest BCUT2D eigenvalue weighted by Gasteiger charge is 2.18. The Morgan fingerprint density at radius 1 is 1.14 bits per heavy atom. The van der Waals surface area contributed by atoms with E-state index in [0.717, 1.165) is 23.4 Å². The number of carbonyl (C=O) groups excluding carboxylic acids is 1. The summed E-state index contributed by atoms with van der Waals surface area (Å²) in [6.45, 7) is 0. The van der Waals surface area contributed by atoms with Crippen molar-refractivity contribution in [3.63, 3.8) is 0 Å². The van der Waals surface area contributed by atoms with E-state index in [-0.39, 0.29) is 10.9 Å². The fourth-order valence-corrected chi connectivity index (χ4v) is 2.39. The highest BCUT2D eigenvalue weighted by molar-refractivity contribution is 9.10. The number of benzene rings is 2. The molecule has 0 amide bonds. The van der Waals surface area contributed by atoms with E-state index in [0.29, 0.717) is 6.42 Å². The quantitative estimate of drug-likeness (QED) is 0.736. The van der Waals surface area contributed by atoms with Crippen molar-refractivity contribution < 1.29 is 18.3 Å². The Kier molecular flexibility index (Phi) is 5.07. The van der Waals surface area contributed by atoms with Gasteiger partial charge in [-0.1, -0.05) is 28.1 Å². The van der Waals surface area contributed by atoms with Crippen LogP contribution in [0.2, 0.25) is 0 Å². The molecule has 2 aromatic rings. The van der Waals surface area contributed by atoms with Gasteiger partial charge in [-0.2, -0.15) is 0 Å². The van der Waals surface area contributed by atoms with Crippen LogP contribution < -0.4 is 4.74 Å². The molecule has 2 rings (SSSR count). The van der Waals surface area contributed by atoms with Gasteiger partial charge in [-0.05, 0) is 36.2 Å². The molecule has 0 spiro atoms. The Labute approximate surface area is 129 Å². The second-order valence-corrected chi connectivity index (χ2v) is 5.43. The molecule has 110 valence electrons. The number of carbonyl (C=O) groups is 1. The molecule has 21 heavy (non-hydrogen) atoms. The fourth-order valence-electron chi connectivity index (χ4n) is 1.98. The lowest BCUT2D eigenvalue weighted by Crippen LogP contribution is -2.07. The predicted molar refractivity (Wildman–Crippen MR) is 79.7 cm³/mol. The molecule has 2 aromatic carbocycles. The molecule has 5 heteroatoms. The van der Waals surface area contributed by atoms with Crippen LogP contribution in [0.4, 0.5) is 8.78 Å². The van der Waals surface area contributed by atoms with Crippen LogP contribution in [0, 0.1) is 11.6 Å². The van der Waals surface area contributed by atoms with Gasteiger partial charge in [0.25, 0.3) is 0 Å². The average Bonchev–Trinajstić information content (AvgIpc) is 2.44. The minimum atomic E-state index is -0.846. The van der Waals surface area contributed by atoms with Crippen LogP contribution >= 0.6 is 15.9 Å². The monoisotopic (exact) mass is 354 g/mol. The molecular weight excluding hydrogens is 342 g/mol. The van der Waals surface area contributed by atoms with Gasteiger partial charge in [-0.3, -0.25) is 4.79 Å². The molecule has 0 radical (unpaired) electrons. The van der Waals surface area contributed by atoms with E-state index in [9.17, 15) is 13.6 Å². The summed E-state index contributed by atoms with van der Waals surface area (Å²) in [6, 6.07) is 9.37. The molecule has 0 aliphatic carbocycles. The van der Waals surface area contributed by atoms with E-state index in [1.807, 2.05) is 12.1 Å². The standard InChI is InChI=1S/C16H13BrF2O2/c1-21-12-5-2-10(3-6-12)4-7-15(20)16-13(18)8-11(17)9-14(16)19/h2-3,5-6,8-9H,4,7H2,1H3. The Bertz CT molecular complexity index is 631. The molecule has 0 aliphatic rings. The van der Waals surface area contributed by atoms with Gasteiger partial charge in [0.2, 0.25) is 0 Å². The fraction of sp³-hybridized carbons (Fsp3) is 0.188. The minimum Gasteiger partial charge on any atom is -0.497 e. The summed E-state index contributed by atoms with van der Waals surface area (Å²) < 4.78 is 32.7. The third-order valence-electron chi connectivity index (χ3n) is 3.09. The molecule has 0 atom stereocenters. The van der Waals surface area contributed by atoms with Gasteiger partial charge in [0.05, 0.1) is 12.7 Å². The van der Waals surface area contributed by atoms with E-state index in [1.54, 1.807) is 19.2 Å². The summed E-state index contributed by atoms with van der Waals surface area (Å²) in [5.41, 5.74) is 0.425. The van der Waals surface area contributed by atoms with Crippen molar-refractivity contribution in [2.45, 2.75) is 12.8 Å². The molecule has 0 saturated carbocycles. The first-order valence-electron chi connectivity index (χ1n) is 6.32. The average molecular weight is 355 g/mol. The summed E-state index contributed by atoms with van der Waals surface area (Å²) >= 11 is 2.98. The molecule has 0 N–H and O–H groups in total. The van der Waals surface area contributed by atoms with Crippen molar-refractivity contribution in [2.75, 3.05) is 7.11 Å². The lowest BCUT2D eigenvalue weighted by Gasteiger charge is -2.06. The number of ketones is 1. The lowest BCUT2D eigenvalue weighted by molar-refractivity contribution is 0.0974. The summed E-state index contributed by atoms with van der Waals surface area (Å²) in [7, 11) is 1.57. The number of rotatable bonds is 5. The number of hydrogen-bond acceptors (Lipinski definition) is 2. The van der Waals surface area contributed by atoms with Gasteiger partial charge < -0.3 is 4.74 Å². The van der Waals surface area contributed by atoms with Gasteiger partial charge in [-0.15, -0.1) is 0 Å². The maximum absolute atomic E-state index is 13.7. The van der Waals surface area contributed by atoms with Gasteiger partial charge in [0, 0.05) is 10.9 Å². The predicted octanol–water partition coefficient (Wildman–Crippen LogP) is 4.55. The summed E-state index contributed by atoms with van der Waals surface area (Å²) in [4.78, 5) is 12.0. The van der Waals surface area contributed by atoms with Gasteiger partial charge in [0.15, 0.2) is 5.78 Å². The van der Waals surface area contributed by atoms with E-state index >= 15 is 0 Å². The van der Waals surface area contributed by atoms with E-state index in [4.69, 9.17) is 4.74 Å². The van der Waals surface area contributed by atoms with E-state index < -0.39 is 23.0 Å². The first-order chi connectivity index (χ1) is 10.0. The number of hydrogen-bond donors (Lipinski definition) is 0. The molecule has 0 aliphatic heterocycles. The van der Waals surface area contributed by atoms with Crippen LogP contribution in [0.3, 0.4) is 0 Å². The normalized spacial score (nSPS) is 10.5. The van der Waals surface area contributed by atoms with Gasteiger partial charge in [-0.25, -0.2) is 8.78 Å². The van der Waals surface area contributed by atoms with Crippen molar-refractivity contribution in [3.05, 3.63) is 63.6 Å². The van der Waals surface area contributed by atoms with Gasteiger partial charge in [0.1, 0.15) is 17.4 Å². The first kappa shape index (κ1) is 15.6. The lowest BCUT2D eigenvalue weighted by atomic mass is 10.0. The zero-order valence-corrected chi connectivity index (χ0v) is 12.9. The highest BCUT2D eigenvalue weighted by atomic mass is 79.9. The van der Waals surface area contributed by atoms with Crippen molar-refractivity contribution in [1.82, 2.24) is 0 Å². The molecule has 0 heterocycles. The summed E-state index contributed by atoms with van der Waals surface area (Å²) in [5, 5.41) is 0. The van der Waals surface area contributed by atoms with Crippen LogP contribution in [0.1, 0.15) is 22.3 Å². The second-order valence-electron chi connectivity index (χ2n) is 4.52. The molecule has 0 unspecified atom stereocenters. The number of Topliss-reactive ketones (excluding diaryl/α,β-unsaturated/α-hetero) is 1. The van der Waals surface area contributed by atoms with Crippen LogP contribution in [0.25, 0.3) is 0 Å². The van der Waals surface area contributed by atoms with Crippen molar-refractivity contribution in [1.29, 1.82) is 0 Å².